The van der Waals surface area contributed by atoms with Gasteiger partial charge in [0.25, 0.3) is 0 Å². The minimum absolute atomic E-state index is 0.0139. The third-order valence-corrected chi connectivity index (χ3v) is 3.97. The normalized spacial score (nSPS) is 15.3. The van der Waals surface area contributed by atoms with Crippen molar-refractivity contribution >= 4 is 17.6 Å². The molecule has 0 unspecified atom stereocenters. The van der Waals surface area contributed by atoms with Gasteiger partial charge in [-0.05, 0) is 45.0 Å². The van der Waals surface area contributed by atoms with E-state index in [0.717, 1.165) is 18.8 Å². The molecule has 6 heteroatoms. The van der Waals surface area contributed by atoms with E-state index < -0.39 is 5.60 Å². The van der Waals surface area contributed by atoms with Gasteiger partial charge in [0.2, 0.25) is 0 Å². The molecule has 0 aromatic heterocycles. The number of hydrogen-bond acceptors (Lipinski definition) is 5. The Morgan fingerprint density at radius 2 is 1.62 bits per heavy atom. The smallest absolute Gasteiger partial charge is 0.410 e. The molecule has 1 aromatic rings. The van der Waals surface area contributed by atoms with Crippen molar-refractivity contribution in [2.45, 2.75) is 26.4 Å². The fourth-order valence-corrected chi connectivity index (χ4v) is 2.62. The maximum Gasteiger partial charge on any atom is 0.410 e. The summed E-state index contributed by atoms with van der Waals surface area (Å²) in [7, 11) is 3.76. The second kappa shape index (κ2) is 8.25. The Hall–Kier alpha value is -2.50. The molecule has 1 aliphatic rings. The average molecular weight is 359 g/mol. The summed E-state index contributed by atoms with van der Waals surface area (Å²) in [6.07, 6.45) is 3.05. The van der Waals surface area contributed by atoms with Crippen molar-refractivity contribution in [3.05, 3.63) is 42.1 Å². The van der Waals surface area contributed by atoms with Gasteiger partial charge in [0.15, 0.2) is 5.78 Å². The Morgan fingerprint density at radius 3 is 2.12 bits per heavy atom. The Bertz CT molecular complexity index is 652. The van der Waals surface area contributed by atoms with E-state index in [1.807, 2.05) is 64.0 Å². The van der Waals surface area contributed by atoms with Gasteiger partial charge in [0, 0.05) is 63.8 Å². The van der Waals surface area contributed by atoms with Crippen molar-refractivity contribution < 1.29 is 14.3 Å². The van der Waals surface area contributed by atoms with Crippen LogP contribution in [-0.2, 0) is 4.74 Å². The second-order valence-electron chi connectivity index (χ2n) is 7.64. The number of ether oxygens (including phenoxy) is 1. The van der Waals surface area contributed by atoms with Gasteiger partial charge in [-0.2, -0.15) is 0 Å². The number of benzene rings is 1. The number of rotatable bonds is 4. The van der Waals surface area contributed by atoms with Crippen molar-refractivity contribution in [2.24, 2.45) is 0 Å². The number of amides is 1. The standard InChI is InChI=1S/C20H29N3O3/c1-20(2,3)26-19(25)23-14-12-22(13-15-23)17-8-6-16(7-9-17)18(24)10-11-21(4)5/h6-11H,12-15H2,1-5H3/b11-10-. The van der Waals surface area contributed by atoms with Crippen LogP contribution in [0.4, 0.5) is 10.5 Å². The summed E-state index contributed by atoms with van der Waals surface area (Å²) >= 11 is 0. The molecule has 1 fully saturated rings. The molecular formula is C20H29N3O3. The second-order valence-corrected chi connectivity index (χ2v) is 7.64. The molecule has 0 aliphatic carbocycles. The maximum atomic E-state index is 12.1. The van der Waals surface area contributed by atoms with Gasteiger partial charge in [-0.1, -0.05) is 0 Å². The van der Waals surface area contributed by atoms with Crippen LogP contribution in [0.5, 0.6) is 0 Å². The zero-order valence-electron chi connectivity index (χ0n) is 16.4. The molecule has 0 radical (unpaired) electrons. The third kappa shape index (κ3) is 5.79. The molecule has 142 valence electrons. The monoisotopic (exact) mass is 359 g/mol. The third-order valence-electron chi connectivity index (χ3n) is 3.97. The molecule has 1 aromatic carbocycles. The lowest BCUT2D eigenvalue weighted by Gasteiger charge is -2.36. The van der Waals surface area contributed by atoms with Crippen LogP contribution in [0.1, 0.15) is 31.1 Å². The number of ketones is 1. The van der Waals surface area contributed by atoms with E-state index in [9.17, 15) is 9.59 Å². The van der Waals surface area contributed by atoms with Gasteiger partial charge in [-0.3, -0.25) is 4.79 Å². The molecule has 0 saturated carbocycles. The number of piperazine rings is 1. The first kappa shape index (κ1) is 19.8. The van der Waals surface area contributed by atoms with Gasteiger partial charge in [-0.25, -0.2) is 4.79 Å². The van der Waals surface area contributed by atoms with Gasteiger partial charge in [0.05, 0.1) is 0 Å². The Labute approximate surface area is 156 Å². The minimum Gasteiger partial charge on any atom is -0.444 e. The molecule has 0 spiro atoms. The van der Waals surface area contributed by atoms with E-state index in [0.29, 0.717) is 18.7 Å². The summed E-state index contributed by atoms with van der Waals surface area (Å²) in [6.45, 7) is 8.36. The highest BCUT2D eigenvalue weighted by Gasteiger charge is 2.25. The predicted molar refractivity (Wildman–Crippen MR) is 104 cm³/mol. The lowest BCUT2D eigenvalue weighted by Crippen LogP contribution is -2.50. The highest BCUT2D eigenvalue weighted by molar-refractivity contribution is 6.04. The molecule has 6 nitrogen and oxygen atoms in total. The van der Waals surface area contributed by atoms with Crippen molar-refractivity contribution in [1.82, 2.24) is 9.80 Å². The number of hydrogen-bond donors (Lipinski definition) is 0. The number of carbonyl (C=O) groups excluding carboxylic acids is 2. The first-order valence-electron chi connectivity index (χ1n) is 8.87. The summed E-state index contributed by atoms with van der Waals surface area (Å²) in [4.78, 5) is 30.0. The first-order chi connectivity index (χ1) is 12.2. The summed E-state index contributed by atoms with van der Waals surface area (Å²) in [5, 5.41) is 0. The number of anilines is 1. The molecule has 1 saturated heterocycles. The van der Waals surface area contributed by atoms with Crippen LogP contribution >= 0.6 is 0 Å². The highest BCUT2D eigenvalue weighted by atomic mass is 16.6. The SMILES string of the molecule is CN(C)/C=C\C(=O)c1ccc(N2CCN(C(=O)OC(C)(C)C)CC2)cc1. The summed E-state index contributed by atoms with van der Waals surface area (Å²) in [6, 6.07) is 7.61. The molecular weight excluding hydrogens is 330 g/mol. The molecule has 0 bridgehead atoms. The van der Waals surface area contributed by atoms with Gasteiger partial charge < -0.3 is 19.4 Å². The van der Waals surface area contributed by atoms with Crippen molar-refractivity contribution in [1.29, 1.82) is 0 Å². The maximum absolute atomic E-state index is 12.1. The van der Waals surface area contributed by atoms with Crippen molar-refractivity contribution in [2.75, 3.05) is 45.2 Å². The molecule has 2 rings (SSSR count). The lowest BCUT2D eigenvalue weighted by atomic mass is 10.1. The number of allylic oxidation sites excluding steroid dienone is 1. The fraction of sp³-hybridized carbons (Fsp3) is 0.500. The van der Waals surface area contributed by atoms with Crippen LogP contribution in [0.2, 0.25) is 0 Å². The van der Waals surface area contributed by atoms with E-state index in [-0.39, 0.29) is 11.9 Å². The zero-order chi connectivity index (χ0) is 19.3. The van der Waals surface area contributed by atoms with E-state index in [1.54, 1.807) is 17.2 Å². The molecule has 0 atom stereocenters. The molecule has 0 N–H and O–H groups in total. The average Bonchev–Trinajstić information content (AvgIpc) is 2.58. The van der Waals surface area contributed by atoms with Crippen LogP contribution in [0.15, 0.2) is 36.5 Å². The molecule has 26 heavy (non-hydrogen) atoms. The summed E-state index contributed by atoms with van der Waals surface area (Å²) in [5.74, 6) is -0.0139. The van der Waals surface area contributed by atoms with Crippen LogP contribution in [0.3, 0.4) is 0 Å². The van der Waals surface area contributed by atoms with Gasteiger partial charge in [-0.15, -0.1) is 0 Å². The van der Waals surface area contributed by atoms with Gasteiger partial charge >= 0.3 is 6.09 Å². The molecule has 1 heterocycles. The number of nitrogens with zero attached hydrogens (tertiary/aromatic N) is 3. The zero-order valence-corrected chi connectivity index (χ0v) is 16.4. The fourth-order valence-electron chi connectivity index (χ4n) is 2.62. The number of carbonyl (C=O) groups is 2. The van der Waals surface area contributed by atoms with Crippen LogP contribution in [0, 0.1) is 0 Å². The Morgan fingerprint density at radius 1 is 1.04 bits per heavy atom. The van der Waals surface area contributed by atoms with Gasteiger partial charge in [0.1, 0.15) is 5.60 Å². The summed E-state index contributed by atoms with van der Waals surface area (Å²) in [5.41, 5.74) is 1.25. The first-order valence-corrected chi connectivity index (χ1v) is 8.87. The van der Waals surface area contributed by atoms with Crippen LogP contribution < -0.4 is 4.90 Å². The molecule has 1 amide bonds. The van der Waals surface area contributed by atoms with Crippen LogP contribution in [-0.4, -0.2) is 67.6 Å². The van der Waals surface area contributed by atoms with E-state index in [1.165, 1.54) is 0 Å². The highest BCUT2D eigenvalue weighted by Crippen LogP contribution is 2.19. The Kier molecular flexibility index (Phi) is 6.29. The van der Waals surface area contributed by atoms with Crippen molar-refractivity contribution in [3.8, 4) is 0 Å². The minimum atomic E-state index is -0.475. The van der Waals surface area contributed by atoms with E-state index >= 15 is 0 Å². The summed E-state index contributed by atoms with van der Waals surface area (Å²) < 4.78 is 5.42. The lowest BCUT2D eigenvalue weighted by molar-refractivity contribution is 0.0240. The topological polar surface area (TPSA) is 53.1 Å². The largest absolute Gasteiger partial charge is 0.444 e. The van der Waals surface area contributed by atoms with Crippen molar-refractivity contribution in [3.63, 3.8) is 0 Å². The Balaban J connectivity index is 1.91. The molecule has 1 aliphatic heterocycles. The van der Waals surface area contributed by atoms with E-state index in [2.05, 4.69) is 4.90 Å². The van der Waals surface area contributed by atoms with E-state index in [4.69, 9.17) is 4.74 Å². The quantitative estimate of drug-likeness (QED) is 0.611. The van der Waals surface area contributed by atoms with Crippen LogP contribution in [0.25, 0.3) is 0 Å². The predicted octanol–water partition coefficient (Wildman–Crippen LogP) is 3.00.